The van der Waals surface area contributed by atoms with E-state index in [1.807, 2.05) is 36.4 Å². The van der Waals surface area contributed by atoms with Crippen LogP contribution in [0, 0.1) is 5.92 Å². The molecule has 22 heavy (non-hydrogen) atoms. The van der Waals surface area contributed by atoms with E-state index in [4.69, 9.17) is 0 Å². The van der Waals surface area contributed by atoms with Crippen LogP contribution in [0.1, 0.15) is 30.3 Å². The van der Waals surface area contributed by atoms with Crippen LogP contribution in [-0.2, 0) is 11.2 Å². The van der Waals surface area contributed by atoms with Gasteiger partial charge in [-0.1, -0.05) is 12.1 Å². The molecule has 1 aliphatic carbocycles. The van der Waals surface area contributed by atoms with E-state index in [0.717, 1.165) is 11.4 Å². The van der Waals surface area contributed by atoms with Gasteiger partial charge in [0.2, 0.25) is 5.91 Å². The zero-order valence-electron chi connectivity index (χ0n) is 12.2. The molecule has 0 saturated heterocycles. The standard InChI is InChI=1S/C17H19N3O2/c21-14-9-12(10-14)17(15-6-2-4-8-19-15)20-16(22)11-13-5-1-3-7-18-13/h1-8,12,14,17,21H,9-11H2,(H,20,22)/t12?,14?,17-/m0/s1. The Morgan fingerprint density at radius 2 is 1.91 bits per heavy atom. The Kier molecular flexibility index (Phi) is 4.44. The van der Waals surface area contributed by atoms with Gasteiger partial charge in [0, 0.05) is 18.1 Å². The first kappa shape index (κ1) is 14.7. The molecule has 5 heteroatoms. The number of aliphatic hydroxyl groups is 1. The molecule has 0 aromatic carbocycles. The van der Waals surface area contributed by atoms with E-state index in [-0.39, 0.29) is 30.4 Å². The summed E-state index contributed by atoms with van der Waals surface area (Å²) in [6.45, 7) is 0. The molecular weight excluding hydrogens is 278 g/mol. The van der Waals surface area contributed by atoms with Crippen LogP contribution in [0.15, 0.2) is 48.8 Å². The number of aliphatic hydroxyl groups excluding tert-OH is 1. The van der Waals surface area contributed by atoms with Crippen molar-refractivity contribution in [1.82, 2.24) is 15.3 Å². The Labute approximate surface area is 129 Å². The van der Waals surface area contributed by atoms with Crippen molar-refractivity contribution in [1.29, 1.82) is 0 Å². The fourth-order valence-corrected chi connectivity index (χ4v) is 2.79. The van der Waals surface area contributed by atoms with Crippen LogP contribution in [0.4, 0.5) is 0 Å². The molecule has 114 valence electrons. The highest BCUT2D eigenvalue weighted by atomic mass is 16.3. The Morgan fingerprint density at radius 3 is 2.50 bits per heavy atom. The minimum atomic E-state index is -0.260. The smallest absolute Gasteiger partial charge is 0.226 e. The molecule has 0 unspecified atom stereocenters. The van der Waals surface area contributed by atoms with Crippen LogP contribution < -0.4 is 5.32 Å². The second kappa shape index (κ2) is 6.66. The lowest BCUT2D eigenvalue weighted by atomic mass is 9.76. The molecule has 1 saturated carbocycles. The molecule has 1 fully saturated rings. The summed E-state index contributed by atoms with van der Waals surface area (Å²) >= 11 is 0. The predicted octanol–water partition coefficient (Wildman–Crippen LogP) is 1.65. The second-order valence-electron chi connectivity index (χ2n) is 5.68. The second-order valence-corrected chi connectivity index (χ2v) is 5.68. The summed E-state index contributed by atoms with van der Waals surface area (Å²) in [5.41, 5.74) is 1.59. The Bertz CT molecular complexity index is 612. The summed E-state index contributed by atoms with van der Waals surface area (Å²) in [7, 11) is 0. The average molecular weight is 297 g/mol. The Hall–Kier alpha value is -2.27. The molecule has 5 nitrogen and oxygen atoms in total. The minimum absolute atomic E-state index is 0.0734. The number of nitrogens with zero attached hydrogens (tertiary/aromatic N) is 2. The first-order chi connectivity index (χ1) is 10.7. The van der Waals surface area contributed by atoms with Gasteiger partial charge in [0.15, 0.2) is 0 Å². The molecule has 0 radical (unpaired) electrons. The normalized spacial score (nSPS) is 21.7. The maximum absolute atomic E-state index is 12.3. The van der Waals surface area contributed by atoms with Crippen molar-refractivity contribution in [2.75, 3.05) is 0 Å². The molecule has 1 atom stereocenters. The summed E-state index contributed by atoms with van der Waals surface area (Å²) in [6.07, 6.45) is 4.79. The largest absolute Gasteiger partial charge is 0.393 e. The highest BCUT2D eigenvalue weighted by Gasteiger charge is 2.36. The number of amides is 1. The van der Waals surface area contributed by atoms with E-state index < -0.39 is 0 Å². The van der Waals surface area contributed by atoms with Gasteiger partial charge in [-0.2, -0.15) is 0 Å². The van der Waals surface area contributed by atoms with Gasteiger partial charge in [0.25, 0.3) is 0 Å². The summed E-state index contributed by atoms with van der Waals surface area (Å²) in [4.78, 5) is 20.8. The van der Waals surface area contributed by atoms with E-state index in [9.17, 15) is 9.90 Å². The van der Waals surface area contributed by atoms with Crippen LogP contribution >= 0.6 is 0 Å². The fraction of sp³-hybridized carbons (Fsp3) is 0.353. The molecule has 1 aliphatic rings. The van der Waals surface area contributed by atoms with Crippen LogP contribution in [0.5, 0.6) is 0 Å². The van der Waals surface area contributed by atoms with E-state index in [2.05, 4.69) is 15.3 Å². The highest BCUT2D eigenvalue weighted by Crippen LogP contribution is 2.37. The van der Waals surface area contributed by atoms with Crippen LogP contribution in [0.25, 0.3) is 0 Å². The zero-order chi connectivity index (χ0) is 15.4. The van der Waals surface area contributed by atoms with Crippen LogP contribution in [0.3, 0.4) is 0 Å². The molecular formula is C17H19N3O2. The van der Waals surface area contributed by atoms with E-state index in [1.165, 1.54) is 0 Å². The van der Waals surface area contributed by atoms with Crippen LogP contribution in [-0.4, -0.2) is 27.1 Å². The number of hydrogen-bond donors (Lipinski definition) is 2. The molecule has 1 amide bonds. The molecule has 0 bridgehead atoms. The summed E-state index contributed by atoms with van der Waals surface area (Å²) in [6, 6.07) is 11.1. The molecule has 0 aliphatic heterocycles. The van der Waals surface area contributed by atoms with E-state index in [1.54, 1.807) is 12.4 Å². The van der Waals surface area contributed by atoms with E-state index in [0.29, 0.717) is 12.8 Å². The third-order valence-corrected chi connectivity index (χ3v) is 4.01. The number of carbonyl (C=O) groups is 1. The van der Waals surface area contributed by atoms with Crippen molar-refractivity contribution >= 4 is 5.91 Å². The molecule has 3 rings (SSSR count). The first-order valence-corrected chi connectivity index (χ1v) is 7.50. The first-order valence-electron chi connectivity index (χ1n) is 7.50. The number of carbonyl (C=O) groups excluding carboxylic acids is 1. The lowest BCUT2D eigenvalue weighted by Crippen LogP contribution is -2.42. The third-order valence-electron chi connectivity index (χ3n) is 4.01. The Morgan fingerprint density at radius 1 is 1.18 bits per heavy atom. The van der Waals surface area contributed by atoms with Gasteiger partial charge >= 0.3 is 0 Å². The number of aromatic nitrogens is 2. The molecule has 2 N–H and O–H groups in total. The maximum atomic E-state index is 12.3. The summed E-state index contributed by atoms with van der Waals surface area (Å²) in [5.74, 6) is 0.160. The number of pyridine rings is 2. The topological polar surface area (TPSA) is 75.1 Å². The Balaban J connectivity index is 1.69. The average Bonchev–Trinajstić information content (AvgIpc) is 2.52. The highest BCUT2D eigenvalue weighted by molar-refractivity contribution is 5.78. The van der Waals surface area contributed by atoms with Crippen molar-refractivity contribution < 1.29 is 9.90 Å². The molecule has 0 spiro atoms. The van der Waals surface area contributed by atoms with Crippen molar-refractivity contribution in [2.45, 2.75) is 31.4 Å². The SMILES string of the molecule is O=C(Cc1ccccn1)N[C@H](c1ccccn1)C1CC(O)C1. The van der Waals surface area contributed by atoms with Gasteiger partial charge in [0.1, 0.15) is 0 Å². The van der Waals surface area contributed by atoms with Crippen molar-refractivity contribution in [2.24, 2.45) is 5.92 Å². The summed E-state index contributed by atoms with van der Waals surface area (Å²) < 4.78 is 0. The van der Waals surface area contributed by atoms with Crippen molar-refractivity contribution in [3.63, 3.8) is 0 Å². The molecule has 2 aromatic heterocycles. The van der Waals surface area contributed by atoms with Gasteiger partial charge < -0.3 is 10.4 Å². The van der Waals surface area contributed by atoms with Crippen LogP contribution in [0.2, 0.25) is 0 Å². The van der Waals surface area contributed by atoms with Crippen molar-refractivity contribution in [3.8, 4) is 0 Å². The zero-order valence-corrected chi connectivity index (χ0v) is 12.2. The lowest BCUT2D eigenvalue weighted by Gasteiger charge is -2.37. The van der Waals surface area contributed by atoms with E-state index >= 15 is 0 Å². The van der Waals surface area contributed by atoms with Gasteiger partial charge in [-0.05, 0) is 43.0 Å². The monoisotopic (exact) mass is 297 g/mol. The fourth-order valence-electron chi connectivity index (χ4n) is 2.79. The molecule has 2 heterocycles. The van der Waals surface area contributed by atoms with Gasteiger partial charge in [-0.25, -0.2) is 0 Å². The predicted molar refractivity (Wildman–Crippen MR) is 81.8 cm³/mol. The van der Waals surface area contributed by atoms with Gasteiger partial charge in [-0.3, -0.25) is 14.8 Å². The third kappa shape index (κ3) is 3.49. The summed E-state index contributed by atoms with van der Waals surface area (Å²) in [5, 5.41) is 12.6. The number of nitrogens with one attached hydrogen (secondary N) is 1. The maximum Gasteiger partial charge on any atom is 0.226 e. The van der Waals surface area contributed by atoms with Crippen molar-refractivity contribution in [3.05, 3.63) is 60.2 Å². The minimum Gasteiger partial charge on any atom is -0.393 e. The van der Waals surface area contributed by atoms with Gasteiger partial charge in [0.05, 0.1) is 24.3 Å². The molecule has 2 aromatic rings. The lowest BCUT2D eigenvalue weighted by molar-refractivity contribution is -0.122. The quantitative estimate of drug-likeness (QED) is 0.880. The van der Waals surface area contributed by atoms with Gasteiger partial charge in [-0.15, -0.1) is 0 Å². The number of hydrogen-bond acceptors (Lipinski definition) is 4. The number of rotatable bonds is 5.